The number of piperazine rings is 1. The first-order valence-electron chi connectivity index (χ1n) is 10.1. The molecule has 2 atom stereocenters. The Kier molecular flexibility index (Phi) is 3.84. The molecule has 2 aliphatic heterocycles. The van der Waals surface area contributed by atoms with Crippen molar-refractivity contribution in [3.63, 3.8) is 0 Å². The lowest BCUT2D eigenvalue weighted by molar-refractivity contribution is 0.203. The van der Waals surface area contributed by atoms with Gasteiger partial charge in [0.15, 0.2) is 5.76 Å². The van der Waals surface area contributed by atoms with Crippen molar-refractivity contribution in [2.75, 3.05) is 18.0 Å². The van der Waals surface area contributed by atoms with Gasteiger partial charge in [-0.15, -0.1) is 0 Å². The number of anilines is 1. The largest absolute Gasteiger partial charge is 0.359 e. The summed E-state index contributed by atoms with van der Waals surface area (Å²) >= 11 is 0. The quantitative estimate of drug-likeness (QED) is 0.535. The number of rotatable bonds is 4. The van der Waals surface area contributed by atoms with E-state index >= 15 is 0 Å². The maximum absolute atomic E-state index is 5.63. The van der Waals surface area contributed by atoms with Gasteiger partial charge in [-0.1, -0.05) is 47.6 Å². The van der Waals surface area contributed by atoms with Crippen LogP contribution in [0.1, 0.15) is 12.2 Å². The molecule has 0 N–H and O–H groups in total. The zero-order valence-corrected chi connectivity index (χ0v) is 16.0. The summed E-state index contributed by atoms with van der Waals surface area (Å²) in [5, 5.41) is 5.39. The normalized spacial score (nSPS) is 21.3. The van der Waals surface area contributed by atoms with Gasteiger partial charge < -0.3 is 9.42 Å². The van der Waals surface area contributed by atoms with Gasteiger partial charge in [0.25, 0.3) is 0 Å². The molecule has 2 aliphatic rings. The highest BCUT2D eigenvalue weighted by molar-refractivity contribution is 5.89. The molecule has 0 saturated carbocycles. The van der Waals surface area contributed by atoms with Crippen molar-refractivity contribution in [1.82, 2.24) is 20.0 Å². The van der Waals surface area contributed by atoms with E-state index in [1.165, 1.54) is 0 Å². The molecule has 0 amide bonds. The van der Waals surface area contributed by atoms with Crippen LogP contribution in [0.5, 0.6) is 0 Å². The molecule has 0 spiro atoms. The third-order valence-corrected chi connectivity index (χ3v) is 6.14. The highest BCUT2D eigenvalue weighted by Gasteiger charge is 2.44. The number of hydrogen-bond donors (Lipinski definition) is 0. The van der Waals surface area contributed by atoms with E-state index < -0.39 is 0 Å². The molecule has 144 valence electrons. The van der Waals surface area contributed by atoms with Crippen molar-refractivity contribution in [3.8, 4) is 11.3 Å². The molecule has 6 rings (SSSR count). The van der Waals surface area contributed by atoms with E-state index in [9.17, 15) is 0 Å². The number of nitrogens with zero attached hydrogens (tertiary/aromatic N) is 5. The number of fused-ring (bicyclic) bond motifs is 3. The summed E-state index contributed by atoms with van der Waals surface area (Å²) in [6.45, 7) is 2.81. The van der Waals surface area contributed by atoms with Crippen LogP contribution in [-0.4, -0.2) is 45.2 Å². The van der Waals surface area contributed by atoms with E-state index in [-0.39, 0.29) is 0 Å². The standard InChI is InChI=1S/C23H21N5O/c1-2-6-16(7-3-1)22-11-19(29-26-22)14-27-12-18-10-17(27)13-28(18)23-20-8-4-5-9-21(20)24-15-25-23/h1-9,11,15,17-18H,10,12-14H2. The lowest BCUT2D eigenvalue weighted by Gasteiger charge is -2.34. The van der Waals surface area contributed by atoms with Crippen LogP contribution in [-0.2, 0) is 6.54 Å². The third-order valence-electron chi connectivity index (χ3n) is 6.14. The van der Waals surface area contributed by atoms with Crippen LogP contribution >= 0.6 is 0 Å². The van der Waals surface area contributed by atoms with Crippen molar-refractivity contribution in [3.05, 3.63) is 72.8 Å². The van der Waals surface area contributed by atoms with Gasteiger partial charge in [-0.25, -0.2) is 9.97 Å². The number of aromatic nitrogens is 3. The molecule has 2 aromatic carbocycles. The summed E-state index contributed by atoms with van der Waals surface area (Å²) in [6.07, 6.45) is 2.85. The summed E-state index contributed by atoms with van der Waals surface area (Å²) in [4.78, 5) is 14.0. The predicted octanol–water partition coefficient (Wildman–Crippen LogP) is 3.75. The fourth-order valence-corrected chi connectivity index (χ4v) is 4.75. The molecule has 4 heterocycles. The molecule has 29 heavy (non-hydrogen) atoms. The van der Waals surface area contributed by atoms with E-state index in [2.05, 4.69) is 61.3 Å². The Morgan fingerprint density at radius 1 is 0.931 bits per heavy atom. The van der Waals surface area contributed by atoms with Crippen LogP contribution in [0.15, 0.2) is 71.5 Å². The van der Waals surface area contributed by atoms with Crippen molar-refractivity contribution < 1.29 is 4.52 Å². The molecule has 4 aromatic rings. The van der Waals surface area contributed by atoms with Crippen LogP contribution in [0.25, 0.3) is 22.2 Å². The van der Waals surface area contributed by atoms with Gasteiger partial charge in [-0.2, -0.15) is 0 Å². The molecule has 0 aliphatic carbocycles. The van der Waals surface area contributed by atoms with Gasteiger partial charge >= 0.3 is 0 Å². The van der Waals surface area contributed by atoms with E-state index in [1.54, 1.807) is 6.33 Å². The van der Waals surface area contributed by atoms with Crippen LogP contribution in [0, 0.1) is 0 Å². The lowest BCUT2D eigenvalue weighted by Crippen LogP contribution is -2.46. The smallest absolute Gasteiger partial charge is 0.151 e. The van der Waals surface area contributed by atoms with Crippen molar-refractivity contribution in [1.29, 1.82) is 0 Å². The number of para-hydroxylation sites is 1. The summed E-state index contributed by atoms with van der Waals surface area (Å²) in [7, 11) is 0. The second-order valence-electron chi connectivity index (χ2n) is 7.88. The monoisotopic (exact) mass is 383 g/mol. The second kappa shape index (κ2) is 6.67. The third kappa shape index (κ3) is 2.87. The molecular weight excluding hydrogens is 362 g/mol. The molecule has 2 fully saturated rings. The summed E-state index contributed by atoms with van der Waals surface area (Å²) in [6, 6.07) is 21.5. The summed E-state index contributed by atoms with van der Waals surface area (Å²) in [5.74, 6) is 1.99. The predicted molar refractivity (Wildman–Crippen MR) is 111 cm³/mol. The van der Waals surface area contributed by atoms with E-state index in [0.29, 0.717) is 12.1 Å². The van der Waals surface area contributed by atoms with Gasteiger partial charge in [0.1, 0.15) is 17.8 Å². The van der Waals surface area contributed by atoms with Crippen LogP contribution in [0.4, 0.5) is 5.82 Å². The number of hydrogen-bond acceptors (Lipinski definition) is 6. The molecule has 2 aromatic heterocycles. The molecule has 0 radical (unpaired) electrons. The van der Waals surface area contributed by atoms with Crippen molar-refractivity contribution in [2.24, 2.45) is 0 Å². The second-order valence-corrected chi connectivity index (χ2v) is 7.88. The molecular formula is C23H21N5O. The minimum atomic E-state index is 0.481. The number of likely N-dealkylation sites (tertiary alicyclic amines) is 1. The minimum absolute atomic E-state index is 0.481. The van der Waals surface area contributed by atoms with Crippen LogP contribution in [0.3, 0.4) is 0 Å². The molecule has 2 bridgehead atoms. The Balaban J connectivity index is 1.19. The maximum atomic E-state index is 5.63. The Hall–Kier alpha value is -3.25. The van der Waals surface area contributed by atoms with Crippen molar-refractivity contribution in [2.45, 2.75) is 25.0 Å². The maximum Gasteiger partial charge on any atom is 0.151 e. The minimum Gasteiger partial charge on any atom is -0.359 e. The Bertz CT molecular complexity index is 1150. The van der Waals surface area contributed by atoms with E-state index in [1.807, 2.05) is 24.3 Å². The van der Waals surface area contributed by atoms with Gasteiger partial charge in [-0.3, -0.25) is 4.90 Å². The Morgan fingerprint density at radius 2 is 1.79 bits per heavy atom. The first-order valence-corrected chi connectivity index (χ1v) is 10.1. The highest BCUT2D eigenvalue weighted by Crippen LogP contribution is 2.37. The zero-order valence-electron chi connectivity index (χ0n) is 16.0. The van der Waals surface area contributed by atoms with Gasteiger partial charge in [-0.05, 0) is 18.6 Å². The first-order chi connectivity index (χ1) is 14.3. The Morgan fingerprint density at radius 3 is 2.66 bits per heavy atom. The average Bonchev–Trinajstić information content (AvgIpc) is 3.50. The van der Waals surface area contributed by atoms with E-state index in [4.69, 9.17) is 4.52 Å². The molecule has 2 unspecified atom stereocenters. The zero-order chi connectivity index (χ0) is 19.2. The van der Waals surface area contributed by atoms with Crippen molar-refractivity contribution >= 4 is 16.7 Å². The average molecular weight is 383 g/mol. The topological polar surface area (TPSA) is 58.3 Å². The number of benzene rings is 2. The van der Waals surface area contributed by atoms with Crippen LogP contribution < -0.4 is 4.90 Å². The Labute approximate surface area is 168 Å². The summed E-state index contributed by atoms with van der Waals surface area (Å²) < 4.78 is 5.63. The SMILES string of the molecule is c1ccc(-c2cc(CN3CC4CC3CN4c3ncnc4ccccc34)on2)cc1. The molecule has 2 saturated heterocycles. The highest BCUT2D eigenvalue weighted by atomic mass is 16.5. The van der Waals surface area contributed by atoms with Gasteiger partial charge in [0.05, 0.1) is 12.1 Å². The summed E-state index contributed by atoms with van der Waals surface area (Å²) in [5.41, 5.74) is 3.00. The molecule has 6 nitrogen and oxygen atoms in total. The van der Waals surface area contributed by atoms with Gasteiger partial charge in [0, 0.05) is 42.2 Å². The first kappa shape index (κ1) is 16.7. The molecule has 6 heteroatoms. The fourth-order valence-electron chi connectivity index (χ4n) is 4.75. The van der Waals surface area contributed by atoms with Gasteiger partial charge in [0.2, 0.25) is 0 Å². The van der Waals surface area contributed by atoms with Crippen LogP contribution in [0.2, 0.25) is 0 Å². The lowest BCUT2D eigenvalue weighted by atomic mass is 10.1. The fraction of sp³-hybridized carbons (Fsp3) is 0.261. The van der Waals surface area contributed by atoms with E-state index in [0.717, 1.165) is 59.8 Å².